The molecule has 1 fully saturated rings. The zero-order valence-electron chi connectivity index (χ0n) is 13.3. The largest absolute Gasteiger partial charge is 0.370 e. The molecule has 23 heavy (non-hydrogen) atoms. The third-order valence-corrected chi connectivity index (χ3v) is 4.79. The van der Waals surface area contributed by atoms with E-state index in [-0.39, 0.29) is 18.1 Å². The van der Waals surface area contributed by atoms with Crippen molar-refractivity contribution >= 4 is 23.3 Å². The minimum Gasteiger partial charge on any atom is -0.370 e. The number of benzene rings is 1. The molecule has 4 nitrogen and oxygen atoms in total. The number of thiazole rings is 1. The smallest absolute Gasteiger partial charge is 0.247 e. The molecule has 0 radical (unpaired) electrons. The van der Waals surface area contributed by atoms with E-state index in [1.54, 1.807) is 23.6 Å². The van der Waals surface area contributed by atoms with Crippen molar-refractivity contribution in [3.63, 3.8) is 0 Å². The predicted molar refractivity (Wildman–Crippen MR) is 92.2 cm³/mol. The van der Waals surface area contributed by atoms with Gasteiger partial charge in [0, 0.05) is 17.2 Å². The highest BCUT2D eigenvalue weighted by molar-refractivity contribution is 7.12. The van der Waals surface area contributed by atoms with Crippen LogP contribution in [0.1, 0.15) is 28.5 Å². The zero-order chi connectivity index (χ0) is 16.2. The molecule has 1 saturated heterocycles. The van der Waals surface area contributed by atoms with Crippen molar-refractivity contribution in [3.05, 3.63) is 58.1 Å². The van der Waals surface area contributed by atoms with Gasteiger partial charge in [0.15, 0.2) is 0 Å². The maximum absolute atomic E-state index is 12.5. The van der Waals surface area contributed by atoms with Crippen molar-refractivity contribution in [1.29, 1.82) is 0 Å². The van der Waals surface area contributed by atoms with E-state index in [1.807, 2.05) is 55.2 Å². The molecule has 0 aliphatic carbocycles. The summed E-state index contributed by atoms with van der Waals surface area (Å²) in [5.41, 5.74) is 1.11. The predicted octanol–water partition coefficient (Wildman–Crippen LogP) is 3.45. The minimum absolute atomic E-state index is 0.0211. The monoisotopic (exact) mass is 328 g/mol. The summed E-state index contributed by atoms with van der Waals surface area (Å²) in [4.78, 5) is 19.6. The Balaban J connectivity index is 1.69. The van der Waals surface area contributed by atoms with Gasteiger partial charge in [-0.2, -0.15) is 0 Å². The minimum atomic E-state index is -0.0598. The molecular weight excluding hydrogens is 308 g/mol. The lowest BCUT2D eigenvalue weighted by Gasteiger charge is -2.37. The number of carbonyl (C=O) groups excluding carboxylic acids is 1. The maximum Gasteiger partial charge on any atom is 0.247 e. The lowest BCUT2D eigenvalue weighted by molar-refractivity contribution is -0.139. The summed E-state index contributed by atoms with van der Waals surface area (Å²) in [5, 5.41) is 1.00. The third-order valence-electron chi connectivity index (χ3n) is 3.92. The van der Waals surface area contributed by atoms with Crippen LogP contribution in [-0.2, 0) is 9.53 Å². The molecular formula is C18H20N2O2S. The van der Waals surface area contributed by atoms with Gasteiger partial charge in [0.1, 0.15) is 6.10 Å². The second-order valence-corrected chi connectivity index (χ2v) is 6.95. The molecule has 1 aliphatic rings. The summed E-state index contributed by atoms with van der Waals surface area (Å²) < 4.78 is 5.90. The number of rotatable bonds is 3. The van der Waals surface area contributed by atoms with E-state index in [9.17, 15) is 4.79 Å². The van der Waals surface area contributed by atoms with E-state index in [0.717, 1.165) is 15.4 Å². The van der Waals surface area contributed by atoms with Crippen LogP contribution in [0.25, 0.3) is 6.08 Å². The van der Waals surface area contributed by atoms with Gasteiger partial charge in [-0.25, -0.2) is 4.98 Å². The first kappa shape index (κ1) is 15.9. The van der Waals surface area contributed by atoms with Crippen molar-refractivity contribution < 1.29 is 9.53 Å². The van der Waals surface area contributed by atoms with E-state index >= 15 is 0 Å². The standard InChI is InChI=1S/C18H20N2O2S/c1-13-12-22-17(15-6-4-3-5-7-15)11-20(13)18(21)9-8-16-10-19-14(2)23-16/h3-10,13,17H,11-12H2,1-2H3/b9-8+/t13-,17-/m0/s1. The van der Waals surface area contributed by atoms with Crippen LogP contribution in [0.15, 0.2) is 42.6 Å². The molecule has 0 N–H and O–H groups in total. The molecule has 1 aromatic carbocycles. The lowest BCUT2D eigenvalue weighted by Crippen LogP contribution is -2.47. The number of aryl methyl sites for hydroxylation is 1. The van der Waals surface area contributed by atoms with Gasteiger partial charge in [0.25, 0.3) is 0 Å². The first-order valence-electron chi connectivity index (χ1n) is 7.71. The molecule has 3 rings (SSSR count). The molecule has 0 spiro atoms. The molecule has 120 valence electrons. The number of amides is 1. The molecule has 0 bridgehead atoms. The molecule has 2 aromatic rings. The van der Waals surface area contributed by atoms with Crippen molar-refractivity contribution in [2.75, 3.05) is 13.2 Å². The SMILES string of the molecule is Cc1ncc(/C=C/C(=O)N2C[C@@H](c3ccccc3)OC[C@@H]2C)s1. The van der Waals surface area contributed by atoms with Crippen LogP contribution in [0.3, 0.4) is 0 Å². The number of hydrogen-bond donors (Lipinski definition) is 0. The number of ether oxygens (including phenoxy) is 1. The fraction of sp³-hybridized carbons (Fsp3) is 0.333. The van der Waals surface area contributed by atoms with Crippen LogP contribution in [0.2, 0.25) is 0 Å². The molecule has 1 aliphatic heterocycles. The third kappa shape index (κ3) is 3.86. The molecule has 0 saturated carbocycles. The van der Waals surface area contributed by atoms with Crippen molar-refractivity contribution in [2.24, 2.45) is 0 Å². The Bertz CT molecular complexity index is 696. The molecule has 5 heteroatoms. The molecule has 2 heterocycles. The molecule has 0 unspecified atom stereocenters. The van der Waals surface area contributed by atoms with Gasteiger partial charge in [-0.05, 0) is 25.5 Å². The Morgan fingerprint density at radius 3 is 2.87 bits per heavy atom. The fourth-order valence-electron chi connectivity index (χ4n) is 2.64. The van der Waals surface area contributed by atoms with Crippen molar-refractivity contribution in [3.8, 4) is 0 Å². The van der Waals surface area contributed by atoms with E-state index < -0.39 is 0 Å². The Hall–Kier alpha value is -1.98. The Morgan fingerprint density at radius 1 is 1.39 bits per heavy atom. The lowest BCUT2D eigenvalue weighted by atomic mass is 10.1. The highest BCUT2D eigenvalue weighted by Gasteiger charge is 2.29. The summed E-state index contributed by atoms with van der Waals surface area (Å²) in [6, 6.07) is 10.1. The van der Waals surface area contributed by atoms with Crippen LogP contribution >= 0.6 is 11.3 Å². The van der Waals surface area contributed by atoms with Gasteiger partial charge in [-0.3, -0.25) is 4.79 Å². The van der Waals surface area contributed by atoms with Crippen LogP contribution in [0.5, 0.6) is 0 Å². The first-order valence-corrected chi connectivity index (χ1v) is 8.53. The zero-order valence-corrected chi connectivity index (χ0v) is 14.1. The highest BCUT2D eigenvalue weighted by atomic mass is 32.1. The average Bonchev–Trinajstić information content (AvgIpc) is 2.99. The van der Waals surface area contributed by atoms with E-state index in [1.165, 1.54) is 0 Å². The van der Waals surface area contributed by atoms with Crippen LogP contribution < -0.4 is 0 Å². The van der Waals surface area contributed by atoms with E-state index in [4.69, 9.17) is 4.74 Å². The van der Waals surface area contributed by atoms with Crippen LogP contribution in [0.4, 0.5) is 0 Å². The summed E-state index contributed by atoms with van der Waals surface area (Å²) >= 11 is 1.58. The Kier molecular flexibility index (Phi) is 4.88. The van der Waals surface area contributed by atoms with Gasteiger partial charge >= 0.3 is 0 Å². The van der Waals surface area contributed by atoms with Gasteiger partial charge in [0.2, 0.25) is 5.91 Å². The van der Waals surface area contributed by atoms with Crippen LogP contribution in [-0.4, -0.2) is 35.0 Å². The van der Waals surface area contributed by atoms with E-state index in [0.29, 0.717) is 13.2 Å². The number of morpholine rings is 1. The number of carbonyl (C=O) groups is 1. The summed E-state index contributed by atoms with van der Waals surface area (Å²) in [6.07, 6.45) is 5.21. The first-order chi connectivity index (χ1) is 11.1. The van der Waals surface area contributed by atoms with Crippen molar-refractivity contribution in [2.45, 2.75) is 26.0 Å². The highest BCUT2D eigenvalue weighted by Crippen LogP contribution is 2.25. The summed E-state index contributed by atoms with van der Waals surface area (Å²) in [5.74, 6) is 0.0211. The van der Waals surface area contributed by atoms with Gasteiger partial charge in [-0.1, -0.05) is 30.3 Å². The normalized spacial score (nSPS) is 21.7. The average molecular weight is 328 g/mol. The Labute approximate surface area is 140 Å². The van der Waals surface area contributed by atoms with E-state index in [2.05, 4.69) is 4.98 Å². The summed E-state index contributed by atoms with van der Waals surface area (Å²) in [6.45, 7) is 5.11. The van der Waals surface area contributed by atoms with Crippen molar-refractivity contribution in [1.82, 2.24) is 9.88 Å². The second-order valence-electron chi connectivity index (χ2n) is 5.69. The number of nitrogens with zero attached hydrogens (tertiary/aromatic N) is 2. The van der Waals surface area contributed by atoms with Gasteiger partial charge < -0.3 is 9.64 Å². The van der Waals surface area contributed by atoms with Gasteiger partial charge in [-0.15, -0.1) is 11.3 Å². The quantitative estimate of drug-likeness (QED) is 0.811. The molecule has 1 amide bonds. The fourth-order valence-corrected chi connectivity index (χ4v) is 3.33. The number of hydrogen-bond acceptors (Lipinski definition) is 4. The Morgan fingerprint density at radius 2 is 2.17 bits per heavy atom. The maximum atomic E-state index is 12.5. The topological polar surface area (TPSA) is 42.4 Å². The summed E-state index contributed by atoms with van der Waals surface area (Å²) in [7, 11) is 0. The number of aromatic nitrogens is 1. The second kappa shape index (κ2) is 7.06. The molecule has 1 aromatic heterocycles. The van der Waals surface area contributed by atoms with Gasteiger partial charge in [0.05, 0.1) is 24.2 Å². The van der Waals surface area contributed by atoms with Crippen LogP contribution in [0, 0.1) is 6.92 Å². The molecule has 2 atom stereocenters.